The molecule has 5 rings (SSSR count). The van der Waals surface area contributed by atoms with Crippen LogP contribution in [0.5, 0.6) is 0 Å². The Morgan fingerprint density at radius 3 is 2.31 bits per heavy atom. The highest BCUT2D eigenvalue weighted by Gasteiger charge is 2.40. The molecule has 2 saturated heterocycles. The third-order valence-corrected chi connectivity index (χ3v) is 6.37. The maximum Gasteiger partial charge on any atom is 0.232 e. The van der Waals surface area contributed by atoms with E-state index in [0.717, 1.165) is 37.6 Å². The zero-order chi connectivity index (χ0) is 19.6. The third-order valence-electron chi connectivity index (χ3n) is 6.37. The summed E-state index contributed by atoms with van der Waals surface area (Å²) in [6.07, 6.45) is 3.53. The van der Waals surface area contributed by atoms with Crippen LogP contribution in [0.4, 0.5) is 0 Å². The highest BCUT2D eigenvalue weighted by Crippen LogP contribution is 2.39. The van der Waals surface area contributed by atoms with E-state index in [0.29, 0.717) is 11.7 Å². The average Bonchev–Trinajstić information content (AvgIpc) is 3.45. The Bertz CT molecular complexity index is 930. The van der Waals surface area contributed by atoms with Crippen LogP contribution < -0.4 is 0 Å². The molecule has 0 aliphatic carbocycles. The van der Waals surface area contributed by atoms with Crippen LogP contribution in [0.2, 0.25) is 0 Å². The predicted octanol–water partition coefficient (Wildman–Crippen LogP) is 4.62. The normalized spacial score (nSPS) is 23.5. The van der Waals surface area contributed by atoms with Gasteiger partial charge in [0.1, 0.15) is 0 Å². The summed E-state index contributed by atoms with van der Waals surface area (Å²) in [6, 6.07) is 18.7. The van der Waals surface area contributed by atoms with E-state index in [4.69, 9.17) is 14.2 Å². The van der Waals surface area contributed by atoms with Crippen molar-refractivity contribution in [2.45, 2.75) is 31.3 Å². The summed E-state index contributed by atoms with van der Waals surface area (Å²) in [6.45, 7) is 3.06. The molecule has 0 spiro atoms. The van der Waals surface area contributed by atoms with Gasteiger partial charge in [0.25, 0.3) is 0 Å². The number of ether oxygens (including phenoxy) is 1. The van der Waals surface area contributed by atoms with Crippen LogP contribution in [-0.2, 0) is 4.74 Å². The van der Waals surface area contributed by atoms with Crippen molar-refractivity contribution in [3.63, 3.8) is 0 Å². The Morgan fingerprint density at radius 2 is 1.55 bits per heavy atom. The lowest BCUT2D eigenvalue weighted by Crippen LogP contribution is -2.37. The molecule has 0 bridgehead atoms. The van der Waals surface area contributed by atoms with Gasteiger partial charge in [-0.2, -0.15) is 4.98 Å². The molecule has 29 heavy (non-hydrogen) atoms. The van der Waals surface area contributed by atoms with E-state index in [1.165, 1.54) is 24.0 Å². The monoisotopic (exact) mass is 389 g/mol. The van der Waals surface area contributed by atoms with Gasteiger partial charge in [-0.05, 0) is 56.4 Å². The van der Waals surface area contributed by atoms with Crippen molar-refractivity contribution in [2.24, 2.45) is 5.92 Å². The van der Waals surface area contributed by atoms with Gasteiger partial charge in [-0.1, -0.05) is 59.8 Å². The van der Waals surface area contributed by atoms with Crippen LogP contribution in [0, 0.1) is 5.92 Å². The second-order valence-corrected chi connectivity index (χ2v) is 8.27. The van der Waals surface area contributed by atoms with Crippen molar-refractivity contribution in [3.05, 3.63) is 60.5 Å². The van der Waals surface area contributed by atoms with Crippen LogP contribution in [0.1, 0.15) is 31.1 Å². The Morgan fingerprint density at radius 1 is 0.862 bits per heavy atom. The molecule has 2 aromatic carbocycles. The lowest BCUT2D eigenvalue weighted by atomic mass is 9.84. The summed E-state index contributed by atoms with van der Waals surface area (Å²) in [5.74, 6) is 2.19. The number of piperidine rings is 1. The summed E-state index contributed by atoms with van der Waals surface area (Å²) in [4.78, 5) is 7.15. The fraction of sp³-hybridized carbons (Fsp3) is 0.417. The maximum absolute atomic E-state index is 6.13. The maximum atomic E-state index is 6.13. The number of nitrogens with zero attached hydrogens (tertiary/aromatic N) is 3. The van der Waals surface area contributed by atoms with Crippen molar-refractivity contribution >= 4 is 0 Å². The van der Waals surface area contributed by atoms with Gasteiger partial charge in [0.2, 0.25) is 11.7 Å². The summed E-state index contributed by atoms with van der Waals surface area (Å²) in [5, 5.41) is 4.28. The SMILES string of the molecule is CN1CCC([C@@H]2OCC[C@H]2c2nc(-c3ccc(-c4ccccc4)cc3)no2)CC1. The van der Waals surface area contributed by atoms with Gasteiger partial charge in [0.05, 0.1) is 12.0 Å². The lowest BCUT2D eigenvalue weighted by molar-refractivity contribution is 0.0248. The number of benzene rings is 2. The van der Waals surface area contributed by atoms with Gasteiger partial charge in [0, 0.05) is 12.2 Å². The summed E-state index contributed by atoms with van der Waals surface area (Å²) in [7, 11) is 2.19. The molecule has 5 nitrogen and oxygen atoms in total. The van der Waals surface area contributed by atoms with Crippen molar-refractivity contribution in [1.82, 2.24) is 15.0 Å². The van der Waals surface area contributed by atoms with Crippen LogP contribution in [0.3, 0.4) is 0 Å². The largest absolute Gasteiger partial charge is 0.377 e. The lowest BCUT2D eigenvalue weighted by Gasteiger charge is -2.33. The van der Waals surface area contributed by atoms with E-state index >= 15 is 0 Å². The number of hydrogen-bond acceptors (Lipinski definition) is 5. The number of likely N-dealkylation sites (tertiary alicyclic amines) is 1. The van der Waals surface area contributed by atoms with E-state index in [1.807, 2.05) is 6.07 Å². The zero-order valence-corrected chi connectivity index (χ0v) is 16.8. The Balaban J connectivity index is 1.32. The van der Waals surface area contributed by atoms with Crippen LogP contribution in [0.15, 0.2) is 59.1 Å². The average molecular weight is 389 g/mol. The Kier molecular flexibility index (Phi) is 5.17. The molecule has 1 aromatic heterocycles. The van der Waals surface area contributed by atoms with E-state index in [2.05, 4.69) is 65.6 Å². The number of aromatic nitrogens is 2. The minimum Gasteiger partial charge on any atom is -0.377 e. The quantitative estimate of drug-likeness (QED) is 0.652. The third kappa shape index (κ3) is 3.85. The highest BCUT2D eigenvalue weighted by atomic mass is 16.5. The molecule has 5 heteroatoms. The first-order valence-corrected chi connectivity index (χ1v) is 10.6. The van der Waals surface area contributed by atoms with Crippen molar-refractivity contribution < 1.29 is 9.26 Å². The van der Waals surface area contributed by atoms with Crippen molar-refractivity contribution in [3.8, 4) is 22.5 Å². The molecule has 0 N–H and O–H groups in total. The first kappa shape index (κ1) is 18.5. The summed E-state index contributed by atoms with van der Waals surface area (Å²) < 4.78 is 11.8. The first-order chi connectivity index (χ1) is 14.3. The standard InChI is InChI=1S/C24H27N3O2/c1-27-14-11-19(12-15-27)22-21(13-16-28-22)24-25-23(26-29-24)20-9-7-18(8-10-20)17-5-3-2-4-6-17/h2-10,19,21-22H,11-16H2,1H3/t21-,22+/m1/s1. The molecule has 0 unspecified atom stereocenters. The molecule has 150 valence electrons. The van der Waals surface area contributed by atoms with Gasteiger partial charge in [0.15, 0.2) is 0 Å². The van der Waals surface area contributed by atoms with Crippen LogP contribution >= 0.6 is 0 Å². The van der Waals surface area contributed by atoms with E-state index in [1.54, 1.807) is 0 Å². The van der Waals surface area contributed by atoms with Gasteiger partial charge in [-0.3, -0.25) is 0 Å². The molecule has 0 amide bonds. The molecule has 3 heterocycles. The molecule has 3 aromatic rings. The van der Waals surface area contributed by atoms with Crippen molar-refractivity contribution in [1.29, 1.82) is 0 Å². The van der Waals surface area contributed by atoms with Crippen LogP contribution in [-0.4, -0.2) is 47.9 Å². The molecule has 0 radical (unpaired) electrons. The topological polar surface area (TPSA) is 51.4 Å². The summed E-state index contributed by atoms with van der Waals surface area (Å²) >= 11 is 0. The van der Waals surface area contributed by atoms with Gasteiger partial charge < -0.3 is 14.2 Å². The van der Waals surface area contributed by atoms with E-state index in [-0.39, 0.29) is 12.0 Å². The molecular weight excluding hydrogens is 362 g/mol. The Labute approximate surface area is 171 Å². The molecule has 2 aliphatic heterocycles. The van der Waals surface area contributed by atoms with Crippen LogP contribution in [0.25, 0.3) is 22.5 Å². The summed E-state index contributed by atoms with van der Waals surface area (Å²) in [5.41, 5.74) is 3.37. The fourth-order valence-corrected chi connectivity index (χ4v) is 4.64. The smallest absolute Gasteiger partial charge is 0.232 e. The molecule has 2 fully saturated rings. The minimum absolute atomic E-state index is 0.206. The van der Waals surface area contributed by atoms with E-state index < -0.39 is 0 Å². The zero-order valence-electron chi connectivity index (χ0n) is 16.8. The van der Waals surface area contributed by atoms with Gasteiger partial charge in [-0.15, -0.1) is 0 Å². The highest BCUT2D eigenvalue weighted by molar-refractivity contribution is 5.67. The van der Waals surface area contributed by atoms with Gasteiger partial charge >= 0.3 is 0 Å². The second kappa shape index (κ2) is 8.09. The second-order valence-electron chi connectivity index (χ2n) is 8.27. The molecule has 2 aliphatic rings. The number of hydrogen-bond donors (Lipinski definition) is 0. The molecule has 2 atom stereocenters. The van der Waals surface area contributed by atoms with Crippen molar-refractivity contribution in [2.75, 3.05) is 26.7 Å². The minimum atomic E-state index is 0.206. The Hall–Kier alpha value is -2.50. The number of rotatable bonds is 4. The molecule has 0 saturated carbocycles. The molecular formula is C24H27N3O2. The predicted molar refractivity (Wildman–Crippen MR) is 112 cm³/mol. The first-order valence-electron chi connectivity index (χ1n) is 10.6. The fourth-order valence-electron chi connectivity index (χ4n) is 4.64. The van der Waals surface area contributed by atoms with E-state index in [9.17, 15) is 0 Å². The van der Waals surface area contributed by atoms with Gasteiger partial charge in [-0.25, -0.2) is 0 Å².